The van der Waals surface area contributed by atoms with Crippen LogP contribution in [0.3, 0.4) is 0 Å². The molecule has 1 N–H and O–H groups in total. The van der Waals surface area contributed by atoms with Gasteiger partial charge in [-0.05, 0) is 17.7 Å². The molecular formula is C11H10ClNO2. The molecule has 1 heterocycles. The summed E-state index contributed by atoms with van der Waals surface area (Å²) >= 11 is 5.76. The van der Waals surface area contributed by atoms with Crippen LogP contribution in [0.25, 0.3) is 0 Å². The molecule has 0 spiro atoms. The molecule has 2 rings (SSSR count). The number of nitrogens with one attached hydrogen (secondary N) is 1. The van der Waals surface area contributed by atoms with Gasteiger partial charge in [0.2, 0.25) is 0 Å². The van der Waals surface area contributed by atoms with Gasteiger partial charge < -0.3 is 10.1 Å². The van der Waals surface area contributed by atoms with E-state index in [2.05, 4.69) is 5.32 Å². The third kappa shape index (κ3) is 2.73. The number of ether oxygens (including phenoxy) is 1. The zero-order valence-corrected chi connectivity index (χ0v) is 8.75. The summed E-state index contributed by atoms with van der Waals surface area (Å²) < 4.78 is 4.76. The molecule has 1 aromatic rings. The standard InChI is InChI=1S/C11H10ClNO2/c12-9-3-1-8(2-4-9)6-13-10-5-11(14)15-7-10/h1-5,13H,6-7H2. The monoisotopic (exact) mass is 223 g/mol. The molecule has 0 saturated carbocycles. The summed E-state index contributed by atoms with van der Waals surface area (Å²) in [4.78, 5) is 10.8. The second-order valence-corrected chi connectivity index (χ2v) is 3.69. The van der Waals surface area contributed by atoms with E-state index in [0.717, 1.165) is 16.3 Å². The Labute approximate surface area is 92.7 Å². The summed E-state index contributed by atoms with van der Waals surface area (Å²) in [5.41, 5.74) is 1.93. The lowest BCUT2D eigenvalue weighted by Gasteiger charge is -2.05. The Morgan fingerprint density at radius 2 is 2.07 bits per heavy atom. The molecule has 0 aliphatic carbocycles. The third-order valence-corrected chi connectivity index (χ3v) is 2.35. The Morgan fingerprint density at radius 3 is 2.67 bits per heavy atom. The fourth-order valence-corrected chi connectivity index (χ4v) is 1.42. The molecule has 78 valence electrons. The van der Waals surface area contributed by atoms with Gasteiger partial charge in [-0.2, -0.15) is 0 Å². The zero-order valence-electron chi connectivity index (χ0n) is 8.00. The van der Waals surface area contributed by atoms with Gasteiger partial charge in [0, 0.05) is 17.6 Å². The highest BCUT2D eigenvalue weighted by molar-refractivity contribution is 6.30. The zero-order chi connectivity index (χ0) is 10.7. The van der Waals surface area contributed by atoms with Crippen molar-refractivity contribution in [1.29, 1.82) is 0 Å². The number of benzene rings is 1. The van der Waals surface area contributed by atoms with Gasteiger partial charge in [-0.15, -0.1) is 0 Å². The molecule has 0 unspecified atom stereocenters. The minimum absolute atomic E-state index is 0.284. The van der Waals surface area contributed by atoms with Crippen LogP contribution in [0.4, 0.5) is 0 Å². The molecule has 0 radical (unpaired) electrons. The van der Waals surface area contributed by atoms with Crippen molar-refractivity contribution in [2.75, 3.05) is 6.61 Å². The minimum Gasteiger partial charge on any atom is -0.456 e. The molecule has 0 amide bonds. The van der Waals surface area contributed by atoms with Gasteiger partial charge in [-0.3, -0.25) is 0 Å². The number of halogens is 1. The second kappa shape index (κ2) is 4.36. The molecule has 1 aliphatic heterocycles. The second-order valence-electron chi connectivity index (χ2n) is 3.26. The summed E-state index contributed by atoms with van der Waals surface area (Å²) in [6.07, 6.45) is 1.47. The lowest BCUT2D eigenvalue weighted by Crippen LogP contribution is -2.13. The molecule has 0 aromatic heterocycles. The van der Waals surface area contributed by atoms with Crippen LogP contribution >= 0.6 is 11.6 Å². The van der Waals surface area contributed by atoms with Crippen LogP contribution in [-0.2, 0) is 16.1 Å². The van der Waals surface area contributed by atoms with Gasteiger partial charge in [-0.25, -0.2) is 4.79 Å². The maximum atomic E-state index is 10.8. The van der Waals surface area contributed by atoms with Crippen molar-refractivity contribution >= 4 is 17.6 Å². The van der Waals surface area contributed by atoms with Gasteiger partial charge in [0.25, 0.3) is 0 Å². The quantitative estimate of drug-likeness (QED) is 0.796. The molecule has 0 saturated heterocycles. The van der Waals surface area contributed by atoms with Crippen LogP contribution in [0.2, 0.25) is 5.02 Å². The first-order valence-corrected chi connectivity index (χ1v) is 4.97. The van der Waals surface area contributed by atoms with E-state index in [0.29, 0.717) is 13.2 Å². The summed E-state index contributed by atoms with van der Waals surface area (Å²) in [5, 5.41) is 3.84. The lowest BCUT2D eigenvalue weighted by molar-refractivity contribution is -0.134. The molecule has 0 atom stereocenters. The molecular weight excluding hydrogens is 214 g/mol. The summed E-state index contributed by atoms with van der Waals surface area (Å²) in [7, 11) is 0. The first-order chi connectivity index (χ1) is 7.24. The predicted octanol–water partition coefficient (Wildman–Crippen LogP) is 1.87. The Hall–Kier alpha value is -1.48. The fourth-order valence-electron chi connectivity index (χ4n) is 1.29. The van der Waals surface area contributed by atoms with Crippen LogP contribution in [0.5, 0.6) is 0 Å². The first-order valence-electron chi connectivity index (χ1n) is 4.60. The van der Waals surface area contributed by atoms with E-state index in [9.17, 15) is 4.79 Å². The topological polar surface area (TPSA) is 38.3 Å². The summed E-state index contributed by atoms with van der Waals surface area (Å²) in [5.74, 6) is -0.284. The fraction of sp³-hybridized carbons (Fsp3) is 0.182. The van der Waals surface area contributed by atoms with E-state index >= 15 is 0 Å². The molecule has 0 fully saturated rings. The number of cyclic esters (lactones) is 1. The van der Waals surface area contributed by atoms with E-state index < -0.39 is 0 Å². The van der Waals surface area contributed by atoms with E-state index in [4.69, 9.17) is 16.3 Å². The highest BCUT2D eigenvalue weighted by Crippen LogP contribution is 2.10. The van der Waals surface area contributed by atoms with Crippen molar-refractivity contribution in [1.82, 2.24) is 5.32 Å². The van der Waals surface area contributed by atoms with Crippen LogP contribution in [0, 0.1) is 0 Å². The number of hydrogen-bond donors (Lipinski definition) is 1. The van der Waals surface area contributed by atoms with Crippen LogP contribution < -0.4 is 5.32 Å². The number of hydrogen-bond acceptors (Lipinski definition) is 3. The van der Waals surface area contributed by atoms with E-state index in [1.54, 1.807) is 0 Å². The van der Waals surface area contributed by atoms with E-state index in [-0.39, 0.29) is 5.97 Å². The highest BCUT2D eigenvalue weighted by Gasteiger charge is 2.11. The van der Waals surface area contributed by atoms with Gasteiger partial charge in [0.05, 0.1) is 5.70 Å². The average Bonchev–Trinajstić information content (AvgIpc) is 2.64. The van der Waals surface area contributed by atoms with Crippen molar-refractivity contribution < 1.29 is 9.53 Å². The summed E-state index contributed by atoms with van der Waals surface area (Å²) in [6.45, 7) is 1.01. The predicted molar refractivity (Wildman–Crippen MR) is 57.3 cm³/mol. The van der Waals surface area contributed by atoms with Crippen molar-refractivity contribution in [3.8, 4) is 0 Å². The first kappa shape index (κ1) is 10.1. The van der Waals surface area contributed by atoms with Crippen molar-refractivity contribution in [3.63, 3.8) is 0 Å². The molecule has 1 aromatic carbocycles. The Morgan fingerprint density at radius 1 is 1.33 bits per heavy atom. The smallest absolute Gasteiger partial charge is 0.333 e. The van der Waals surface area contributed by atoms with Gasteiger partial charge >= 0.3 is 5.97 Å². The van der Waals surface area contributed by atoms with Crippen LogP contribution in [-0.4, -0.2) is 12.6 Å². The van der Waals surface area contributed by atoms with Crippen molar-refractivity contribution in [2.24, 2.45) is 0 Å². The SMILES string of the molecule is O=C1C=C(NCc2ccc(Cl)cc2)CO1. The maximum absolute atomic E-state index is 10.8. The number of carbonyl (C=O) groups excluding carboxylic acids is 1. The maximum Gasteiger partial charge on any atom is 0.333 e. The van der Waals surface area contributed by atoms with E-state index in [1.165, 1.54) is 6.08 Å². The van der Waals surface area contributed by atoms with Crippen molar-refractivity contribution in [2.45, 2.75) is 6.54 Å². The van der Waals surface area contributed by atoms with Gasteiger partial charge in [0.1, 0.15) is 6.61 Å². The molecule has 4 heteroatoms. The molecule has 0 bridgehead atoms. The Bertz CT molecular complexity index is 398. The van der Waals surface area contributed by atoms with Crippen LogP contribution in [0.15, 0.2) is 36.0 Å². The lowest BCUT2D eigenvalue weighted by atomic mass is 10.2. The van der Waals surface area contributed by atoms with Gasteiger partial charge in [-0.1, -0.05) is 23.7 Å². The van der Waals surface area contributed by atoms with Gasteiger partial charge in [0.15, 0.2) is 0 Å². The Balaban J connectivity index is 1.91. The minimum atomic E-state index is -0.284. The molecule has 3 nitrogen and oxygen atoms in total. The molecule has 15 heavy (non-hydrogen) atoms. The number of rotatable bonds is 3. The van der Waals surface area contributed by atoms with E-state index in [1.807, 2.05) is 24.3 Å². The Kier molecular flexibility index (Phi) is 2.92. The van der Waals surface area contributed by atoms with Crippen molar-refractivity contribution in [3.05, 3.63) is 46.6 Å². The highest BCUT2D eigenvalue weighted by atomic mass is 35.5. The summed E-state index contributed by atoms with van der Waals surface area (Å²) in [6, 6.07) is 7.55. The normalized spacial score (nSPS) is 14.7. The largest absolute Gasteiger partial charge is 0.456 e. The number of carbonyl (C=O) groups is 1. The average molecular weight is 224 g/mol. The van der Waals surface area contributed by atoms with Crippen LogP contribution in [0.1, 0.15) is 5.56 Å². The third-order valence-electron chi connectivity index (χ3n) is 2.09. The number of esters is 1. The molecule has 1 aliphatic rings.